The minimum Gasteiger partial charge on any atom is -0.469 e. The molecule has 0 radical (unpaired) electrons. The number of para-hydroxylation sites is 2. The van der Waals surface area contributed by atoms with E-state index in [1.807, 2.05) is 30.3 Å². The molecule has 4 rings (SSSR count). The van der Waals surface area contributed by atoms with Gasteiger partial charge < -0.3 is 46.5 Å². The van der Waals surface area contributed by atoms with Crippen LogP contribution in [0.25, 0.3) is 10.9 Å². The summed E-state index contributed by atoms with van der Waals surface area (Å²) in [7, 11) is 2.80. The fraction of sp³-hybridized carbons (Fsp3) is 0.447. The van der Waals surface area contributed by atoms with Gasteiger partial charge in [-0.15, -0.1) is 11.6 Å². The van der Waals surface area contributed by atoms with Gasteiger partial charge in [0.1, 0.15) is 30.0 Å². The Bertz CT molecular complexity index is 1820. The third-order valence-corrected chi connectivity index (χ3v) is 9.74. The second kappa shape index (κ2) is 20.7. The molecule has 0 aliphatic carbocycles. The van der Waals surface area contributed by atoms with Crippen molar-refractivity contribution in [3.63, 3.8) is 0 Å². The van der Waals surface area contributed by atoms with Crippen LogP contribution in [0.4, 0.5) is 10.5 Å². The number of carbonyl (C=O) groups is 7. The van der Waals surface area contributed by atoms with Crippen LogP contribution in [0.1, 0.15) is 50.5 Å². The number of anilines is 1. The average molecular weight is 781 g/mol. The number of alkyl halides is 1. The lowest BCUT2D eigenvalue weighted by molar-refractivity contribution is -0.146. The van der Waals surface area contributed by atoms with Gasteiger partial charge in [-0.3, -0.25) is 28.8 Å². The van der Waals surface area contributed by atoms with Crippen molar-refractivity contribution in [1.29, 1.82) is 0 Å². The minimum absolute atomic E-state index is 0.0362. The Labute approximate surface area is 324 Å². The summed E-state index contributed by atoms with van der Waals surface area (Å²) in [6.07, 6.45) is 3.48. The Morgan fingerprint density at radius 1 is 0.945 bits per heavy atom. The quantitative estimate of drug-likeness (QED) is 0.0633. The number of aromatic amines is 1. The maximum atomic E-state index is 14.3. The summed E-state index contributed by atoms with van der Waals surface area (Å²) in [5, 5.41) is 11.6. The highest BCUT2D eigenvalue weighted by Crippen LogP contribution is 2.23. The number of hydrogen-bond donors (Lipinski definition) is 6. The van der Waals surface area contributed by atoms with Crippen molar-refractivity contribution in [2.45, 2.75) is 75.5 Å². The number of benzene rings is 2. The van der Waals surface area contributed by atoms with Gasteiger partial charge in [0.2, 0.25) is 29.5 Å². The number of piperidine rings is 1. The number of rotatable bonds is 18. The Kier molecular flexibility index (Phi) is 15.9. The first kappa shape index (κ1) is 42.1. The Hall–Kier alpha value is -5.64. The van der Waals surface area contributed by atoms with Gasteiger partial charge in [0.05, 0.1) is 7.11 Å². The topological polar surface area (TPSA) is 225 Å². The van der Waals surface area contributed by atoms with Gasteiger partial charge in [-0.2, -0.15) is 0 Å². The molecule has 3 aromatic rings. The number of methoxy groups -OCH3 is 1. The van der Waals surface area contributed by atoms with Crippen LogP contribution in [0.5, 0.6) is 0 Å². The van der Waals surface area contributed by atoms with Gasteiger partial charge in [-0.1, -0.05) is 36.4 Å². The smallest absolute Gasteiger partial charge is 0.312 e. The van der Waals surface area contributed by atoms with E-state index < -0.39 is 71.6 Å². The molecule has 7 amide bonds. The molecule has 1 aromatic heterocycles. The van der Waals surface area contributed by atoms with Crippen LogP contribution >= 0.6 is 11.6 Å². The number of likely N-dealkylation sites (tertiary alicyclic amines) is 1. The molecular formula is C38H49ClN8O8. The van der Waals surface area contributed by atoms with E-state index in [0.29, 0.717) is 24.9 Å². The summed E-state index contributed by atoms with van der Waals surface area (Å²) in [6.45, 7) is 0.362. The zero-order valence-corrected chi connectivity index (χ0v) is 31.7. The molecule has 2 heterocycles. The van der Waals surface area contributed by atoms with Crippen molar-refractivity contribution in [3.8, 4) is 0 Å². The number of halogens is 1. The third-order valence-electron chi connectivity index (χ3n) is 9.50. The van der Waals surface area contributed by atoms with Crippen molar-refractivity contribution in [2.24, 2.45) is 5.73 Å². The number of nitrogens with zero attached hydrogens (tertiary/aromatic N) is 2. The molecule has 1 aliphatic rings. The highest BCUT2D eigenvalue weighted by Gasteiger charge is 2.38. The van der Waals surface area contributed by atoms with Crippen LogP contribution in [0.2, 0.25) is 0 Å². The van der Waals surface area contributed by atoms with Gasteiger partial charge in [0.15, 0.2) is 0 Å². The van der Waals surface area contributed by atoms with Crippen LogP contribution in [-0.4, -0.2) is 109 Å². The predicted molar refractivity (Wildman–Crippen MR) is 206 cm³/mol. The number of esters is 1. The fourth-order valence-corrected chi connectivity index (χ4v) is 6.66. The molecule has 16 nitrogen and oxygen atoms in total. The summed E-state index contributed by atoms with van der Waals surface area (Å²) in [4.78, 5) is 97.8. The summed E-state index contributed by atoms with van der Waals surface area (Å²) in [6, 6.07) is 11.2. The van der Waals surface area contributed by atoms with E-state index in [4.69, 9.17) is 22.1 Å². The van der Waals surface area contributed by atoms with Crippen molar-refractivity contribution < 1.29 is 38.3 Å². The molecule has 17 heteroatoms. The highest BCUT2D eigenvalue weighted by atomic mass is 35.5. The second-order valence-corrected chi connectivity index (χ2v) is 13.5. The minimum atomic E-state index is -1.20. The first-order chi connectivity index (χ1) is 26.4. The molecule has 7 N–H and O–H groups in total. The molecule has 0 bridgehead atoms. The van der Waals surface area contributed by atoms with Gasteiger partial charge >= 0.3 is 12.0 Å². The van der Waals surface area contributed by atoms with Crippen LogP contribution in [0.15, 0.2) is 60.8 Å². The van der Waals surface area contributed by atoms with Gasteiger partial charge in [0.25, 0.3) is 0 Å². The molecule has 2 aromatic carbocycles. The van der Waals surface area contributed by atoms with E-state index in [1.165, 1.54) is 16.9 Å². The zero-order chi connectivity index (χ0) is 39.9. The molecule has 1 aliphatic heterocycles. The molecule has 296 valence electrons. The maximum Gasteiger partial charge on any atom is 0.312 e. The van der Waals surface area contributed by atoms with E-state index in [9.17, 15) is 33.6 Å². The van der Waals surface area contributed by atoms with Gasteiger partial charge in [0, 0.05) is 55.8 Å². The number of urea groups is 1. The van der Waals surface area contributed by atoms with E-state index in [-0.39, 0.29) is 45.2 Å². The Morgan fingerprint density at radius 2 is 1.67 bits per heavy atom. The number of fused-ring (bicyclic) bond motifs is 1. The predicted octanol–water partition coefficient (Wildman–Crippen LogP) is 1.85. The molecule has 0 unspecified atom stereocenters. The van der Waals surface area contributed by atoms with Gasteiger partial charge in [-0.25, -0.2) is 4.79 Å². The maximum absolute atomic E-state index is 14.3. The number of ether oxygens (including phenoxy) is 1. The van der Waals surface area contributed by atoms with Crippen LogP contribution in [0, 0.1) is 0 Å². The standard InChI is InChI=1S/C38H49ClN8O8/c1-46(25-11-4-3-5-12-25)36(52)28(15-10-19-41-38(40)54)44-34(50)30(21-24-23-42-27-14-7-6-13-26(24)27)45-35(51)31-16-8-9-20-47(31)37(53)29(43-32(48)22-39)17-18-33(49)55-2/h3-7,11-14,23,28-31,42H,8-10,15-22H2,1-2H3,(H,43,48)(H,44,50)(H,45,51)(H3,40,41,54)/t28-,29-,30-,31-/m0/s1. The Morgan fingerprint density at radius 3 is 2.38 bits per heavy atom. The van der Waals surface area contributed by atoms with E-state index in [2.05, 4.69) is 26.3 Å². The summed E-state index contributed by atoms with van der Waals surface area (Å²) < 4.78 is 4.71. The highest BCUT2D eigenvalue weighted by molar-refractivity contribution is 6.27. The number of likely N-dealkylation sites (N-methyl/N-ethyl adjacent to an activating group) is 1. The fourth-order valence-electron chi connectivity index (χ4n) is 6.58. The number of nitrogens with one attached hydrogen (secondary N) is 5. The molecule has 0 spiro atoms. The van der Waals surface area contributed by atoms with Crippen molar-refractivity contribution in [3.05, 3.63) is 66.4 Å². The number of carbonyl (C=O) groups excluding carboxylic acids is 7. The van der Waals surface area contributed by atoms with Crippen molar-refractivity contribution in [2.75, 3.05) is 38.0 Å². The lowest BCUT2D eigenvalue weighted by Crippen LogP contribution is -2.60. The molecule has 1 saturated heterocycles. The lowest BCUT2D eigenvalue weighted by atomic mass is 9.97. The van der Waals surface area contributed by atoms with Crippen LogP contribution in [-0.2, 0) is 39.9 Å². The normalized spacial score (nSPS) is 15.5. The number of aromatic nitrogens is 1. The average Bonchev–Trinajstić information content (AvgIpc) is 3.61. The van der Waals surface area contributed by atoms with Crippen LogP contribution < -0.4 is 31.9 Å². The van der Waals surface area contributed by atoms with Crippen LogP contribution in [0.3, 0.4) is 0 Å². The van der Waals surface area contributed by atoms with Crippen molar-refractivity contribution in [1.82, 2.24) is 31.2 Å². The first-order valence-corrected chi connectivity index (χ1v) is 18.7. The number of hydrogen-bond acceptors (Lipinski definition) is 8. The third kappa shape index (κ3) is 11.9. The van der Waals surface area contributed by atoms with Gasteiger partial charge in [-0.05, 0) is 62.3 Å². The molecule has 0 saturated carbocycles. The number of amides is 7. The number of nitrogens with two attached hydrogens (primary N) is 1. The number of H-pyrrole nitrogens is 1. The number of primary amides is 1. The largest absolute Gasteiger partial charge is 0.469 e. The first-order valence-electron chi connectivity index (χ1n) is 18.2. The van der Waals surface area contributed by atoms with E-state index in [0.717, 1.165) is 16.5 Å². The summed E-state index contributed by atoms with van der Waals surface area (Å²) in [5.74, 6) is -3.84. The lowest BCUT2D eigenvalue weighted by Gasteiger charge is -2.37. The zero-order valence-electron chi connectivity index (χ0n) is 31.0. The molecular weight excluding hydrogens is 732 g/mol. The van der Waals surface area contributed by atoms with E-state index >= 15 is 0 Å². The SMILES string of the molecule is COC(=O)CC[C@H](NC(=O)CCl)C(=O)N1CCCC[C@H]1C(=O)N[C@@H](Cc1c[nH]c2ccccc12)C(=O)N[C@@H](CCCNC(N)=O)C(=O)N(C)c1ccccc1. The monoisotopic (exact) mass is 780 g/mol. The summed E-state index contributed by atoms with van der Waals surface area (Å²) in [5.41, 5.74) is 7.38. The summed E-state index contributed by atoms with van der Waals surface area (Å²) >= 11 is 5.71. The van der Waals surface area contributed by atoms with Crippen molar-refractivity contribution >= 4 is 69.7 Å². The molecule has 4 atom stereocenters. The molecule has 55 heavy (non-hydrogen) atoms. The molecule has 1 fully saturated rings. The Balaban J connectivity index is 1.62. The second-order valence-electron chi connectivity index (χ2n) is 13.3. The van der Waals surface area contributed by atoms with E-state index in [1.54, 1.807) is 37.5 Å².